The molecule has 0 fully saturated rings. The van der Waals surface area contributed by atoms with Crippen molar-refractivity contribution < 1.29 is 4.79 Å². The minimum absolute atomic E-state index is 0.0843. The quantitative estimate of drug-likeness (QED) is 0.753. The van der Waals surface area contributed by atoms with E-state index >= 15 is 0 Å². The lowest BCUT2D eigenvalue weighted by Gasteiger charge is -2.12. The maximum atomic E-state index is 12.2. The van der Waals surface area contributed by atoms with Crippen LogP contribution in [0.5, 0.6) is 0 Å². The number of hydrogen-bond acceptors (Lipinski definition) is 2. The highest BCUT2D eigenvalue weighted by Gasteiger charge is 2.15. The lowest BCUT2D eigenvalue weighted by Crippen LogP contribution is -2.22. The number of halogens is 2. The van der Waals surface area contributed by atoms with Crippen LogP contribution >= 0.6 is 35.0 Å². The number of amides is 1. The van der Waals surface area contributed by atoms with Gasteiger partial charge in [0.25, 0.3) is 0 Å². The lowest BCUT2D eigenvalue weighted by atomic mass is 10.2. The number of nitrogens with one attached hydrogen (secondary N) is 1. The standard InChI is InChI=1S/C16H15Cl2NOS/c1-10-3-5-15(6-4-10)21-11(2)16(20)19-14-8-12(17)7-13(18)9-14/h3-9,11H,1-2H3,(H,19,20). The first-order valence-electron chi connectivity index (χ1n) is 6.44. The van der Waals surface area contributed by atoms with Crippen molar-refractivity contribution in [3.63, 3.8) is 0 Å². The van der Waals surface area contributed by atoms with E-state index in [4.69, 9.17) is 23.2 Å². The summed E-state index contributed by atoms with van der Waals surface area (Å²) in [4.78, 5) is 13.3. The van der Waals surface area contributed by atoms with Gasteiger partial charge >= 0.3 is 0 Å². The molecule has 0 aliphatic rings. The highest BCUT2D eigenvalue weighted by Crippen LogP contribution is 2.26. The number of benzene rings is 2. The smallest absolute Gasteiger partial charge is 0.237 e. The van der Waals surface area contributed by atoms with Crippen LogP contribution in [-0.2, 0) is 4.79 Å². The molecule has 0 radical (unpaired) electrons. The van der Waals surface area contributed by atoms with Crippen molar-refractivity contribution in [2.45, 2.75) is 24.0 Å². The predicted octanol–water partition coefficient (Wildman–Crippen LogP) is 5.42. The van der Waals surface area contributed by atoms with Crippen LogP contribution in [0.25, 0.3) is 0 Å². The van der Waals surface area contributed by atoms with Crippen molar-refractivity contribution in [2.24, 2.45) is 0 Å². The number of carbonyl (C=O) groups is 1. The first-order valence-corrected chi connectivity index (χ1v) is 8.08. The van der Waals surface area contributed by atoms with Gasteiger partial charge in [-0.25, -0.2) is 0 Å². The Kier molecular flexibility index (Phi) is 5.57. The van der Waals surface area contributed by atoms with Gasteiger partial charge in [-0.1, -0.05) is 40.9 Å². The van der Waals surface area contributed by atoms with Crippen LogP contribution in [0.3, 0.4) is 0 Å². The van der Waals surface area contributed by atoms with E-state index in [2.05, 4.69) is 5.32 Å². The molecule has 2 aromatic carbocycles. The molecule has 2 rings (SSSR count). The predicted molar refractivity (Wildman–Crippen MR) is 91.6 cm³/mol. The Morgan fingerprint density at radius 2 is 1.67 bits per heavy atom. The molecule has 2 nitrogen and oxygen atoms in total. The number of anilines is 1. The van der Waals surface area contributed by atoms with E-state index < -0.39 is 0 Å². The first-order chi connectivity index (χ1) is 9.94. The summed E-state index contributed by atoms with van der Waals surface area (Å²) >= 11 is 13.3. The Hall–Kier alpha value is -1.16. The van der Waals surface area contributed by atoms with E-state index in [1.54, 1.807) is 18.2 Å². The number of rotatable bonds is 4. The number of thioether (sulfide) groups is 1. The van der Waals surface area contributed by atoms with E-state index in [0.717, 1.165) is 4.90 Å². The van der Waals surface area contributed by atoms with Crippen LogP contribution < -0.4 is 5.32 Å². The van der Waals surface area contributed by atoms with Gasteiger partial charge in [-0.2, -0.15) is 0 Å². The summed E-state index contributed by atoms with van der Waals surface area (Å²) < 4.78 is 0. The van der Waals surface area contributed by atoms with Crippen molar-refractivity contribution in [3.8, 4) is 0 Å². The van der Waals surface area contributed by atoms with Crippen molar-refractivity contribution in [2.75, 3.05) is 5.32 Å². The lowest BCUT2D eigenvalue weighted by molar-refractivity contribution is -0.115. The molecule has 2 aromatic rings. The minimum atomic E-state index is -0.217. The Morgan fingerprint density at radius 1 is 1.10 bits per heavy atom. The third-order valence-electron chi connectivity index (χ3n) is 2.83. The maximum absolute atomic E-state index is 12.2. The minimum Gasteiger partial charge on any atom is -0.325 e. The topological polar surface area (TPSA) is 29.1 Å². The van der Waals surface area contributed by atoms with Gasteiger partial charge < -0.3 is 5.32 Å². The summed E-state index contributed by atoms with van der Waals surface area (Å²) in [5.41, 5.74) is 1.80. The van der Waals surface area contributed by atoms with Crippen LogP contribution in [0.4, 0.5) is 5.69 Å². The third kappa shape index (κ3) is 4.95. The summed E-state index contributed by atoms with van der Waals surface area (Å²) in [5.74, 6) is -0.0843. The molecule has 0 heterocycles. The van der Waals surface area contributed by atoms with Crippen LogP contribution in [0.1, 0.15) is 12.5 Å². The Labute approximate surface area is 138 Å². The van der Waals surface area contributed by atoms with E-state index in [0.29, 0.717) is 15.7 Å². The van der Waals surface area contributed by atoms with Gasteiger partial charge in [0, 0.05) is 20.6 Å². The van der Waals surface area contributed by atoms with Crippen LogP contribution in [0.2, 0.25) is 10.0 Å². The molecule has 0 bridgehead atoms. The fraction of sp³-hybridized carbons (Fsp3) is 0.188. The summed E-state index contributed by atoms with van der Waals surface area (Å²) in [7, 11) is 0. The summed E-state index contributed by atoms with van der Waals surface area (Å²) in [6.07, 6.45) is 0. The molecule has 0 aliphatic carbocycles. The van der Waals surface area contributed by atoms with Gasteiger partial charge in [-0.3, -0.25) is 4.79 Å². The second kappa shape index (κ2) is 7.21. The second-order valence-electron chi connectivity index (χ2n) is 4.72. The van der Waals surface area contributed by atoms with E-state index in [1.165, 1.54) is 17.3 Å². The third-order valence-corrected chi connectivity index (χ3v) is 4.38. The molecule has 0 saturated heterocycles. The van der Waals surface area contributed by atoms with Gasteiger partial charge in [0.2, 0.25) is 5.91 Å². The molecule has 0 aliphatic heterocycles. The summed E-state index contributed by atoms with van der Waals surface area (Å²) in [6.45, 7) is 3.90. The van der Waals surface area contributed by atoms with E-state index in [9.17, 15) is 4.79 Å². The number of hydrogen-bond donors (Lipinski definition) is 1. The Morgan fingerprint density at radius 3 is 2.24 bits per heavy atom. The zero-order chi connectivity index (χ0) is 15.4. The second-order valence-corrected chi connectivity index (χ2v) is 7.01. The molecule has 1 amide bonds. The molecule has 1 atom stereocenters. The largest absolute Gasteiger partial charge is 0.325 e. The summed E-state index contributed by atoms with van der Waals surface area (Å²) in [5, 5.41) is 3.60. The Bertz CT molecular complexity index is 623. The molecule has 0 aromatic heterocycles. The monoisotopic (exact) mass is 339 g/mol. The van der Waals surface area contributed by atoms with Crippen LogP contribution in [-0.4, -0.2) is 11.2 Å². The zero-order valence-electron chi connectivity index (χ0n) is 11.7. The van der Waals surface area contributed by atoms with Gasteiger partial charge in [0.15, 0.2) is 0 Å². The summed E-state index contributed by atoms with van der Waals surface area (Å²) in [6, 6.07) is 13.1. The number of carbonyl (C=O) groups excluding carboxylic acids is 1. The average Bonchev–Trinajstić information content (AvgIpc) is 2.40. The van der Waals surface area contributed by atoms with E-state index in [1.807, 2.05) is 38.1 Å². The fourth-order valence-corrected chi connectivity index (χ4v) is 3.14. The van der Waals surface area contributed by atoms with Crippen LogP contribution in [0, 0.1) is 6.92 Å². The molecule has 5 heteroatoms. The SMILES string of the molecule is Cc1ccc(SC(C)C(=O)Nc2cc(Cl)cc(Cl)c2)cc1. The molecular weight excluding hydrogens is 325 g/mol. The van der Waals surface area contributed by atoms with Gasteiger partial charge in [0.1, 0.15) is 0 Å². The van der Waals surface area contributed by atoms with Gasteiger partial charge in [-0.05, 0) is 44.2 Å². The number of aryl methyl sites for hydroxylation is 1. The molecule has 0 spiro atoms. The highest BCUT2D eigenvalue weighted by molar-refractivity contribution is 8.00. The molecule has 1 unspecified atom stereocenters. The average molecular weight is 340 g/mol. The normalized spacial score (nSPS) is 12.0. The molecule has 21 heavy (non-hydrogen) atoms. The maximum Gasteiger partial charge on any atom is 0.237 e. The molecule has 110 valence electrons. The zero-order valence-corrected chi connectivity index (χ0v) is 14.0. The highest BCUT2D eigenvalue weighted by atomic mass is 35.5. The van der Waals surface area contributed by atoms with Crippen LogP contribution in [0.15, 0.2) is 47.4 Å². The molecule has 1 N–H and O–H groups in total. The van der Waals surface area contributed by atoms with Gasteiger partial charge in [0.05, 0.1) is 5.25 Å². The molecule has 0 saturated carbocycles. The Balaban J connectivity index is 2.00. The first kappa shape index (κ1) is 16.2. The van der Waals surface area contributed by atoms with Crippen molar-refractivity contribution in [1.82, 2.24) is 0 Å². The van der Waals surface area contributed by atoms with Gasteiger partial charge in [-0.15, -0.1) is 11.8 Å². The van der Waals surface area contributed by atoms with Crippen molar-refractivity contribution >= 4 is 46.6 Å². The van der Waals surface area contributed by atoms with Crippen molar-refractivity contribution in [1.29, 1.82) is 0 Å². The molecular formula is C16H15Cl2NOS. The van der Waals surface area contributed by atoms with E-state index in [-0.39, 0.29) is 11.2 Å². The fourth-order valence-electron chi connectivity index (χ4n) is 1.74. The van der Waals surface area contributed by atoms with Crippen molar-refractivity contribution in [3.05, 3.63) is 58.1 Å².